The Morgan fingerprint density at radius 2 is 2.05 bits per heavy atom. The van der Waals surface area contributed by atoms with Crippen molar-refractivity contribution in [2.75, 3.05) is 12.8 Å². The van der Waals surface area contributed by atoms with Crippen molar-refractivity contribution in [1.82, 2.24) is 5.16 Å². The van der Waals surface area contributed by atoms with Crippen molar-refractivity contribution in [2.45, 2.75) is 0 Å². The second kappa shape index (κ2) is 4.78. The van der Waals surface area contributed by atoms with E-state index in [0.29, 0.717) is 11.6 Å². The summed E-state index contributed by atoms with van der Waals surface area (Å²) in [5.74, 6) is 1.76. The van der Waals surface area contributed by atoms with Crippen LogP contribution in [0.5, 0.6) is 5.75 Å². The van der Waals surface area contributed by atoms with Crippen molar-refractivity contribution in [2.24, 2.45) is 0 Å². The first-order valence-corrected chi connectivity index (χ1v) is 6.61. The Hall–Kier alpha value is -2.27. The van der Waals surface area contributed by atoms with Crippen LogP contribution >= 0.6 is 11.3 Å². The van der Waals surface area contributed by atoms with Crippen LogP contribution in [0.15, 0.2) is 46.3 Å². The molecule has 4 nitrogen and oxygen atoms in total. The van der Waals surface area contributed by atoms with Crippen molar-refractivity contribution in [1.29, 1.82) is 0 Å². The van der Waals surface area contributed by atoms with E-state index in [4.69, 9.17) is 15.0 Å². The minimum absolute atomic E-state index is 0.392. The zero-order valence-electron chi connectivity index (χ0n) is 10.3. The fourth-order valence-corrected chi connectivity index (χ4v) is 2.75. The van der Waals surface area contributed by atoms with Gasteiger partial charge in [0.25, 0.3) is 0 Å². The number of thiophene rings is 1. The molecule has 0 radical (unpaired) electrons. The van der Waals surface area contributed by atoms with E-state index < -0.39 is 0 Å². The van der Waals surface area contributed by atoms with Gasteiger partial charge in [0.15, 0.2) is 11.6 Å². The van der Waals surface area contributed by atoms with Crippen LogP contribution in [-0.2, 0) is 0 Å². The molecule has 0 spiro atoms. The van der Waals surface area contributed by atoms with Gasteiger partial charge in [-0.3, -0.25) is 0 Å². The predicted molar refractivity (Wildman–Crippen MR) is 76.2 cm³/mol. The third kappa shape index (κ3) is 1.98. The molecule has 0 fully saturated rings. The third-order valence-electron chi connectivity index (χ3n) is 2.84. The second-order valence-corrected chi connectivity index (χ2v) is 4.90. The summed E-state index contributed by atoms with van der Waals surface area (Å²) in [4.78, 5) is 1.03. The van der Waals surface area contributed by atoms with Crippen molar-refractivity contribution >= 4 is 17.2 Å². The number of hydrogen-bond donors (Lipinski definition) is 1. The molecule has 0 aliphatic heterocycles. The van der Waals surface area contributed by atoms with E-state index in [1.807, 2.05) is 41.8 Å². The first-order chi connectivity index (χ1) is 9.31. The van der Waals surface area contributed by atoms with Gasteiger partial charge in [-0.05, 0) is 23.6 Å². The Bertz CT molecular complexity index is 689. The molecule has 3 rings (SSSR count). The van der Waals surface area contributed by atoms with Gasteiger partial charge < -0.3 is 15.0 Å². The van der Waals surface area contributed by atoms with Crippen molar-refractivity contribution in [3.05, 3.63) is 41.8 Å². The highest BCUT2D eigenvalue weighted by atomic mass is 32.1. The minimum atomic E-state index is 0.392. The van der Waals surface area contributed by atoms with Crippen LogP contribution in [0, 0.1) is 0 Å². The molecule has 0 saturated heterocycles. The van der Waals surface area contributed by atoms with Crippen LogP contribution in [0.3, 0.4) is 0 Å². The second-order valence-electron chi connectivity index (χ2n) is 3.95. The van der Waals surface area contributed by atoms with Gasteiger partial charge in [0.05, 0.1) is 18.2 Å². The topological polar surface area (TPSA) is 61.3 Å². The third-order valence-corrected chi connectivity index (χ3v) is 3.73. The molecule has 0 atom stereocenters. The summed E-state index contributed by atoms with van der Waals surface area (Å²) >= 11 is 1.60. The molecule has 2 aromatic heterocycles. The summed E-state index contributed by atoms with van der Waals surface area (Å²) in [6.45, 7) is 0. The van der Waals surface area contributed by atoms with E-state index in [-0.39, 0.29) is 0 Å². The zero-order valence-corrected chi connectivity index (χ0v) is 11.1. The van der Waals surface area contributed by atoms with Crippen LogP contribution in [0.1, 0.15) is 0 Å². The highest BCUT2D eigenvalue weighted by Crippen LogP contribution is 2.41. The molecular formula is C14H12N2O2S. The first kappa shape index (κ1) is 11.8. The number of aromatic nitrogens is 1. The molecule has 19 heavy (non-hydrogen) atoms. The number of ether oxygens (including phenoxy) is 1. The molecule has 96 valence electrons. The van der Waals surface area contributed by atoms with Crippen LogP contribution in [0.2, 0.25) is 0 Å². The predicted octanol–water partition coefficient (Wildman–Crippen LogP) is 3.66. The highest BCUT2D eigenvalue weighted by molar-refractivity contribution is 7.13. The Kier molecular flexibility index (Phi) is 2.97. The number of nitrogens with two attached hydrogens (primary N) is 1. The van der Waals surface area contributed by atoms with Gasteiger partial charge in [-0.15, -0.1) is 11.3 Å². The molecule has 0 unspecified atom stereocenters. The summed E-state index contributed by atoms with van der Waals surface area (Å²) in [6, 6.07) is 11.6. The van der Waals surface area contributed by atoms with E-state index in [1.165, 1.54) is 0 Å². The van der Waals surface area contributed by atoms with Crippen molar-refractivity contribution in [3.63, 3.8) is 0 Å². The number of methoxy groups -OCH3 is 1. The molecule has 2 N–H and O–H groups in total. The molecule has 0 saturated carbocycles. The van der Waals surface area contributed by atoms with Crippen LogP contribution in [0.4, 0.5) is 5.82 Å². The van der Waals surface area contributed by atoms with Gasteiger partial charge in [-0.2, -0.15) is 0 Å². The standard InChI is InChI=1S/C14H12N2O2S/c1-17-10-6-3-2-5-9(10)13-12(14(15)16-18-13)11-7-4-8-19-11/h2-8H,1H3,(H2,15,16). The number of nitrogen functional groups attached to an aromatic ring is 1. The van der Waals surface area contributed by atoms with Gasteiger partial charge in [0.1, 0.15) is 5.75 Å². The molecule has 0 aliphatic carbocycles. The highest BCUT2D eigenvalue weighted by Gasteiger charge is 2.20. The average molecular weight is 272 g/mol. The zero-order chi connectivity index (χ0) is 13.2. The molecule has 0 bridgehead atoms. The Morgan fingerprint density at radius 3 is 2.79 bits per heavy atom. The summed E-state index contributed by atoms with van der Waals surface area (Å²) in [5, 5.41) is 5.87. The van der Waals surface area contributed by atoms with Gasteiger partial charge >= 0.3 is 0 Å². The maximum atomic E-state index is 5.92. The monoisotopic (exact) mass is 272 g/mol. The van der Waals surface area contributed by atoms with E-state index in [2.05, 4.69) is 5.16 Å². The Morgan fingerprint density at radius 1 is 1.21 bits per heavy atom. The SMILES string of the molecule is COc1ccccc1-c1onc(N)c1-c1cccs1. The normalized spacial score (nSPS) is 10.6. The van der Waals surface area contributed by atoms with Gasteiger partial charge in [-0.25, -0.2) is 0 Å². The molecular weight excluding hydrogens is 260 g/mol. The fourth-order valence-electron chi connectivity index (χ4n) is 1.98. The van der Waals surface area contributed by atoms with E-state index >= 15 is 0 Å². The smallest absolute Gasteiger partial charge is 0.181 e. The van der Waals surface area contributed by atoms with E-state index in [9.17, 15) is 0 Å². The lowest BCUT2D eigenvalue weighted by Gasteiger charge is -2.06. The fraction of sp³-hybridized carbons (Fsp3) is 0.0714. The maximum absolute atomic E-state index is 5.92. The Balaban J connectivity index is 2.22. The van der Waals surface area contributed by atoms with E-state index in [1.54, 1.807) is 18.4 Å². The lowest BCUT2D eigenvalue weighted by molar-refractivity contribution is 0.407. The maximum Gasteiger partial charge on any atom is 0.181 e. The molecule has 2 heterocycles. The molecule has 0 amide bonds. The Labute approximate surface area is 114 Å². The average Bonchev–Trinajstić information content (AvgIpc) is 3.07. The van der Waals surface area contributed by atoms with Crippen molar-refractivity contribution < 1.29 is 9.26 Å². The molecule has 3 aromatic rings. The molecule has 1 aromatic carbocycles. The van der Waals surface area contributed by atoms with Crippen LogP contribution in [0.25, 0.3) is 21.8 Å². The summed E-state index contributed by atoms with van der Waals surface area (Å²) in [5.41, 5.74) is 7.59. The van der Waals surface area contributed by atoms with Gasteiger partial charge in [-0.1, -0.05) is 23.4 Å². The van der Waals surface area contributed by atoms with Gasteiger partial charge in [0, 0.05) is 4.88 Å². The number of para-hydroxylation sites is 1. The number of benzene rings is 1. The minimum Gasteiger partial charge on any atom is -0.496 e. The summed E-state index contributed by atoms with van der Waals surface area (Å²) in [7, 11) is 1.63. The summed E-state index contributed by atoms with van der Waals surface area (Å²) in [6.07, 6.45) is 0. The van der Waals surface area contributed by atoms with Crippen molar-refractivity contribution in [3.8, 4) is 27.5 Å². The van der Waals surface area contributed by atoms with E-state index in [0.717, 1.165) is 21.8 Å². The first-order valence-electron chi connectivity index (χ1n) is 5.73. The quantitative estimate of drug-likeness (QED) is 0.790. The number of anilines is 1. The lowest BCUT2D eigenvalue weighted by Crippen LogP contribution is -1.89. The number of rotatable bonds is 3. The number of hydrogen-bond acceptors (Lipinski definition) is 5. The van der Waals surface area contributed by atoms with Crippen LogP contribution in [-0.4, -0.2) is 12.3 Å². The summed E-state index contributed by atoms with van der Waals surface area (Å²) < 4.78 is 10.8. The van der Waals surface area contributed by atoms with Crippen LogP contribution < -0.4 is 10.5 Å². The lowest BCUT2D eigenvalue weighted by atomic mass is 10.1. The van der Waals surface area contributed by atoms with Gasteiger partial charge in [0.2, 0.25) is 0 Å². The molecule has 5 heteroatoms. The number of nitrogens with zero attached hydrogens (tertiary/aromatic N) is 1. The largest absolute Gasteiger partial charge is 0.496 e. The molecule has 0 aliphatic rings.